The minimum atomic E-state index is 0.204. The first-order chi connectivity index (χ1) is 8.78. The van der Waals surface area contributed by atoms with Gasteiger partial charge in [0.2, 0.25) is 0 Å². The van der Waals surface area contributed by atoms with Gasteiger partial charge in [-0.2, -0.15) is 0 Å². The summed E-state index contributed by atoms with van der Waals surface area (Å²) in [5, 5.41) is 0. The second kappa shape index (κ2) is 4.90. The first kappa shape index (κ1) is 12.0. The Hall–Kier alpha value is -1.06. The molecular formula is C15H23N3. The molecule has 0 radical (unpaired) electrons. The molecule has 4 unspecified atom stereocenters. The SMILES string of the molecule is NNC(CC1CC2CCC1C2)c1ccccc1N. The number of benzene rings is 1. The van der Waals surface area contributed by atoms with Gasteiger partial charge >= 0.3 is 0 Å². The van der Waals surface area contributed by atoms with Crippen molar-refractivity contribution in [3.05, 3.63) is 29.8 Å². The molecule has 18 heavy (non-hydrogen) atoms. The molecule has 3 nitrogen and oxygen atoms in total. The predicted molar refractivity (Wildman–Crippen MR) is 74.5 cm³/mol. The monoisotopic (exact) mass is 245 g/mol. The summed E-state index contributed by atoms with van der Waals surface area (Å²) in [6.07, 6.45) is 6.86. The van der Waals surface area contributed by atoms with Crippen molar-refractivity contribution in [3.63, 3.8) is 0 Å². The highest BCUT2D eigenvalue weighted by Crippen LogP contribution is 2.51. The van der Waals surface area contributed by atoms with Crippen molar-refractivity contribution in [2.24, 2.45) is 23.6 Å². The third kappa shape index (κ3) is 2.13. The number of hydrogen-bond donors (Lipinski definition) is 3. The van der Waals surface area contributed by atoms with Gasteiger partial charge in [-0.3, -0.25) is 11.3 Å². The van der Waals surface area contributed by atoms with E-state index in [1.54, 1.807) is 0 Å². The largest absolute Gasteiger partial charge is 0.398 e. The van der Waals surface area contributed by atoms with Gasteiger partial charge in [0.25, 0.3) is 0 Å². The number of para-hydroxylation sites is 1. The van der Waals surface area contributed by atoms with E-state index in [0.717, 1.165) is 35.4 Å². The molecule has 98 valence electrons. The van der Waals surface area contributed by atoms with Gasteiger partial charge < -0.3 is 5.73 Å². The molecule has 4 atom stereocenters. The van der Waals surface area contributed by atoms with Gasteiger partial charge in [-0.25, -0.2) is 0 Å². The molecule has 2 bridgehead atoms. The summed E-state index contributed by atoms with van der Waals surface area (Å²) in [7, 11) is 0. The molecule has 0 amide bonds. The highest BCUT2D eigenvalue weighted by atomic mass is 15.2. The highest BCUT2D eigenvalue weighted by molar-refractivity contribution is 5.48. The Morgan fingerprint density at radius 2 is 2.06 bits per heavy atom. The van der Waals surface area contributed by atoms with Gasteiger partial charge in [-0.15, -0.1) is 0 Å². The fourth-order valence-electron chi connectivity index (χ4n) is 4.08. The molecule has 5 N–H and O–H groups in total. The Labute approximate surface area is 109 Å². The normalized spacial score (nSPS) is 31.7. The molecule has 2 fully saturated rings. The number of hydrazine groups is 1. The molecule has 1 aromatic rings. The van der Waals surface area contributed by atoms with Crippen LogP contribution in [0.3, 0.4) is 0 Å². The fraction of sp³-hybridized carbons (Fsp3) is 0.600. The van der Waals surface area contributed by atoms with E-state index >= 15 is 0 Å². The highest BCUT2D eigenvalue weighted by Gasteiger charge is 2.40. The first-order valence-electron chi connectivity index (χ1n) is 7.08. The number of nitrogen functional groups attached to an aromatic ring is 1. The maximum atomic E-state index is 6.05. The van der Waals surface area contributed by atoms with Crippen LogP contribution in [0.2, 0.25) is 0 Å². The van der Waals surface area contributed by atoms with Crippen LogP contribution in [0, 0.1) is 17.8 Å². The number of rotatable bonds is 4. The van der Waals surface area contributed by atoms with Gasteiger partial charge in [-0.05, 0) is 55.1 Å². The minimum Gasteiger partial charge on any atom is -0.398 e. The van der Waals surface area contributed by atoms with Crippen LogP contribution in [0.4, 0.5) is 5.69 Å². The van der Waals surface area contributed by atoms with Crippen molar-refractivity contribution in [1.29, 1.82) is 0 Å². The molecule has 0 heterocycles. The molecule has 2 saturated carbocycles. The average molecular weight is 245 g/mol. The predicted octanol–water partition coefficient (Wildman–Crippen LogP) is 2.60. The zero-order valence-corrected chi connectivity index (χ0v) is 10.8. The maximum absolute atomic E-state index is 6.05. The number of hydrogen-bond acceptors (Lipinski definition) is 3. The van der Waals surface area contributed by atoms with Gasteiger partial charge in [-0.1, -0.05) is 24.6 Å². The summed E-state index contributed by atoms with van der Waals surface area (Å²) in [4.78, 5) is 0. The van der Waals surface area contributed by atoms with Crippen molar-refractivity contribution in [2.75, 3.05) is 5.73 Å². The van der Waals surface area contributed by atoms with E-state index in [4.69, 9.17) is 11.6 Å². The van der Waals surface area contributed by atoms with E-state index in [0.29, 0.717) is 0 Å². The molecule has 0 spiro atoms. The summed E-state index contributed by atoms with van der Waals surface area (Å²) >= 11 is 0. The van der Waals surface area contributed by atoms with E-state index in [-0.39, 0.29) is 6.04 Å². The van der Waals surface area contributed by atoms with Crippen LogP contribution in [0.25, 0.3) is 0 Å². The van der Waals surface area contributed by atoms with Gasteiger partial charge in [0, 0.05) is 11.7 Å². The van der Waals surface area contributed by atoms with Crippen molar-refractivity contribution in [2.45, 2.75) is 38.1 Å². The molecule has 2 aliphatic carbocycles. The van der Waals surface area contributed by atoms with E-state index in [9.17, 15) is 0 Å². The van der Waals surface area contributed by atoms with E-state index in [1.807, 2.05) is 18.2 Å². The lowest BCUT2D eigenvalue weighted by Crippen LogP contribution is -2.31. The number of anilines is 1. The second-order valence-electron chi connectivity index (χ2n) is 6.02. The topological polar surface area (TPSA) is 64.1 Å². The quantitative estimate of drug-likeness (QED) is 0.434. The standard InChI is InChI=1S/C15H23N3/c16-14-4-2-1-3-13(14)15(18-17)9-12-8-10-5-6-11(12)7-10/h1-4,10-12,15,18H,5-9,16-17H2. The Morgan fingerprint density at radius 3 is 2.67 bits per heavy atom. The lowest BCUT2D eigenvalue weighted by atomic mass is 9.82. The van der Waals surface area contributed by atoms with Crippen molar-refractivity contribution < 1.29 is 0 Å². The number of nitrogens with one attached hydrogen (secondary N) is 1. The van der Waals surface area contributed by atoms with E-state index in [1.165, 1.54) is 25.7 Å². The summed E-state index contributed by atoms with van der Waals surface area (Å²) < 4.78 is 0. The van der Waals surface area contributed by atoms with Crippen LogP contribution in [0.15, 0.2) is 24.3 Å². The molecule has 3 heteroatoms. The zero-order chi connectivity index (χ0) is 12.5. The Bertz CT molecular complexity index is 418. The first-order valence-corrected chi connectivity index (χ1v) is 7.08. The maximum Gasteiger partial charge on any atom is 0.0483 e. The third-order valence-corrected chi connectivity index (χ3v) is 5.00. The summed E-state index contributed by atoms with van der Waals surface area (Å²) in [6.45, 7) is 0. The summed E-state index contributed by atoms with van der Waals surface area (Å²) in [6, 6.07) is 8.27. The smallest absolute Gasteiger partial charge is 0.0483 e. The molecular weight excluding hydrogens is 222 g/mol. The molecule has 2 aliphatic rings. The van der Waals surface area contributed by atoms with Crippen molar-refractivity contribution in [1.82, 2.24) is 5.43 Å². The van der Waals surface area contributed by atoms with E-state index in [2.05, 4.69) is 11.5 Å². The van der Waals surface area contributed by atoms with Gasteiger partial charge in [0.1, 0.15) is 0 Å². The summed E-state index contributed by atoms with van der Waals surface area (Å²) in [5.41, 5.74) is 11.0. The second-order valence-corrected chi connectivity index (χ2v) is 6.02. The molecule has 0 saturated heterocycles. The van der Waals surface area contributed by atoms with E-state index < -0.39 is 0 Å². The third-order valence-electron chi connectivity index (χ3n) is 5.00. The van der Waals surface area contributed by atoms with Crippen LogP contribution in [-0.4, -0.2) is 0 Å². The average Bonchev–Trinajstić information content (AvgIpc) is 2.99. The zero-order valence-electron chi connectivity index (χ0n) is 10.8. The van der Waals surface area contributed by atoms with Crippen molar-refractivity contribution >= 4 is 5.69 Å². The van der Waals surface area contributed by atoms with Crippen LogP contribution in [0.1, 0.15) is 43.7 Å². The van der Waals surface area contributed by atoms with Gasteiger partial charge in [0.05, 0.1) is 0 Å². The van der Waals surface area contributed by atoms with Crippen LogP contribution < -0.4 is 17.0 Å². The molecule has 3 rings (SSSR count). The number of nitrogens with two attached hydrogens (primary N) is 2. The molecule has 1 aromatic carbocycles. The van der Waals surface area contributed by atoms with Gasteiger partial charge in [0.15, 0.2) is 0 Å². The number of fused-ring (bicyclic) bond motifs is 2. The van der Waals surface area contributed by atoms with Crippen molar-refractivity contribution in [3.8, 4) is 0 Å². The van der Waals surface area contributed by atoms with Crippen LogP contribution in [0.5, 0.6) is 0 Å². The minimum absolute atomic E-state index is 0.204. The molecule has 0 aliphatic heterocycles. The Morgan fingerprint density at radius 1 is 1.22 bits per heavy atom. The molecule has 0 aromatic heterocycles. The Kier molecular flexibility index (Phi) is 3.27. The van der Waals surface area contributed by atoms with Crippen LogP contribution in [-0.2, 0) is 0 Å². The fourth-order valence-corrected chi connectivity index (χ4v) is 4.08. The lowest BCUT2D eigenvalue weighted by Gasteiger charge is -2.27. The summed E-state index contributed by atoms with van der Waals surface area (Å²) in [5.74, 6) is 8.51. The Balaban J connectivity index is 1.72. The van der Waals surface area contributed by atoms with Crippen LogP contribution >= 0.6 is 0 Å². The lowest BCUT2D eigenvalue weighted by molar-refractivity contribution is 0.280.